The van der Waals surface area contributed by atoms with E-state index in [-0.39, 0.29) is 6.10 Å². The summed E-state index contributed by atoms with van der Waals surface area (Å²) in [6.45, 7) is 8.21. The van der Waals surface area contributed by atoms with Crippen LogP contribution in [0.25, 0.3) is 0 Å². The van der Waals surface area contributed by atoms with Crippen LogP contribution in [0.4, 0.5) is 0 Å². The Morgan fingerprint density at radius 2 is 1.86 bits per heavy atom. The normalized spacial score (nSPS) is 27.9. The maximum absolute atomic E-state index is 9.40. The van der Waals surface area contributed by atoms with Gasteiger partial charge in [-0.05, 0) is 25.8 Å². The Morgan fingerprint density at radius 1 is 1.21 bits per heavy atom. The van der Waals surface area contributed by atoms with Gasteiger partial charge in [-0.25, -0.2) is 0 Å². The highest BCUT2D eigenvalue weighted by Crippen LogP contribution is 2.19. The summed E-state index contributed by atoms with van der Waals surface area (Å²) in [5, 5.41) is 9.40. The predicted octanol–water partition coefficient (Wildman–Crippen LogP) is 0.537. The molecular weight excluding hydrogens is 176 g/mol. The van der Waals surface area contributed by atoms with Crippen LogP contribution in [-0.2, 0) is 0 Å². The Hall–Kier alpha value is -0.120. The molecule has 0 aliphatic carbocycles. The number of likely N-dealkylation sites (tertiary alicyclic amines) is 2. The number of nitrogens with zero attached hydrogens (tertiary/aromatic N) is 2. The molecule has 0 unspecified atom stereocenters. The Balaban J connectivity index is 1.67. The van der Waals surface area contributed by atoms with Gasteiger partial charge in [-0.3, -0.25) is 4.90 Å². The number of hydrogen-bond donors (Lipinski definition) is 1. The van der Waals surface area contributed by atoms with E-state index >= 15 is 0 Å². The lowest BCUT2D eigenvalue weighted by molar-refractivity contribution is -0.00412. The number of piperidine rings is 1. The first-order valence-corrected chi connectivity index (χ1v) is 5.94. The molecule has 0 aromatic rings. The molecule has 0 aromatic carbocycles. The Bertz CT molecular complexity index is 172. The Labute approximate surface area is 86.7 Å². The van der Waals surface area contributed by atoms with Gasteiger partial charge < -0.3 is 10.0 Å². The van der Waals surface area contributed by atoms with Gasteiger partial charge in [-0.1, -0.05) is 6.92 Å². The first-order chi connectivity index (χ1) is 6.79. The second-order valence-corrected chi connectivity index (χ2v) is 4.68. The third-order valence-electron chi connectivity index (χ3n) is 3.49. The van der Waals surface area contributed by atoms with E-state index < -0.39 is 0 Å². The quantitative estimate of drug-likeness (QED) is 0.717. The minimum atomic E-state index is -0.0296. The lowest BCUT2D eigenvalue weighted by Crippen LogP contribution is -2.60. The van der Waals surface area contributed by atoms with Crippen molar-refractivity contribution in [1.82, 2.24) is 9.80 Å². The Kier molecular flexibility index (Phi) is 3.42. The van der Waals surface area contributed by atoms with Crippen LogP contribution in [-0.4, -0.2) is 59.8 Å². The van der Waals surface area contributed by atoms with Gasteiger partial charge in [0.2, 0.25) is 0 Å². The molecule has 0 atom stereocenters. The topological polar surface area (TPSA) is 26.7 Å². The summed E-state index contributed by atoms with van der Waals surface area (Å²) in [6.07, 6.45) is 3.19. The van der Waals surface area contributed by atoms with Crippen molar-refractivity contribution in [3.05, 3.63) is 0 Å². The molecule has 0 bridgehead atoms. The summed E-state index contributed by atoms with van der Waals surface area (Å²) in [4.78, 5) is 5.08. The molecule has 1 N–H and O–H groups in total. The number of hydrogen-bond acceptors (Lipinski definition) is 3. The van der Waals surface area contributed by atoms with Gasteiger partial charge in [0, 0.05) is 32.2 Å². The van der Waals surface area contributed by atoms with E-state index in [1.807, 2.05) is 0 Å². The van der Waals surface area contributed by atoms with Gasteiger partial charge >= 0.3 is 0 Å². The largest absolute Gasteiger partial charge is 0.393 e. The van der Waals surface area contributed by atoms with Crippen molar-refractivity contribution in [3.8, 4) is 0 Å². The van der Waals surface area contributed by atoms with Crippen molar-refractivity contribution < 1.29 is 5.11 Å². The first kappa shape index (κ1) is 10.4. The molecule has 3 nitrogen and oxygen atoms in total. The highest BCUT2D eigenvalue weighted by molar-refractivity contribution is 4.89. The predicted molar refractivity (Wildman–Crippen MR) is 57.3 cm³/mol. The standard InChI is InChI=1S/C11H22N2O/c1-2-5-12-8-10(9-12)13-6-3-11(14)4-7-13/h10-11,14H,2-9H2,1H3. The summed E-state index contributed by atoms with van der Waals surface area (Å²) in [5.74, 6) is 0. The highest BCUT2D eigenvalue weighted by Gasteiger charge is 2.32. The molecule has 3 heteroatoms. The molecule has 0 amide bonds. The lowest BCUT2D eigenvalue weighted by Gasteiger charge is -2.47. The van der Waals surface area contributed by atoms with E-state index in [1.165, 1.54) is 26.1 Å². The molecule has 2 fully saturated rings. The molecule has 2 heterocycles. The van der Waals surface area contributed by atoms with Gasteiger partial charge in [0.05, 0.1) is 6.10 Å². The van der Waals surface area contributed by atoms with Crippen LogP contribution in [0.3, 0.4) is 0 Å². The molecule has 2 aliphatic heterocycles. The van der Waals surface area contributed by atoms with Crippen LogP contribution in [0.5, 0.6) is 0 Å². The Morgan fingerprint density at radius 3 is 2.43 bits per heavy atom. The fourth-order valence-electron chi connectivity index (χ4n) is 2.52. The van der Waals surface area contributed by atoms with Crippen molar-refractivity contribution in [2.45, 2.75) is 38.3 Å². The SMILES string of the molecule is CCCN1CC(N2CCC(O)CC2)C1. The molecule has 0 aromatic heterocycles. The first-order valence-electron chi connectivity index (χ1n) is 5.94. The average molecular weight is 198 g/mol. The zero-order valence-electron chi connectivity index (χ0n) is 9.15. The van der Waals surface area contributed by atoms with Crippen molar-refractivity contribution in [2.75, 3.05) is 32.7 Å². The van der Waals surface area contributed by atoms with E-state index in [4.69, 9.17) is 0 Å². The van der Waals surface area contributed by atoms with Crippen LogP contribution < -0.4 is 0 Å². The molecule has 14 heavy (non-hydrogen) atoms. The second kappa shape index (κ2) is 4.60. The van der Waals surface area contributed by atoms with Crippen molar-refractivity contribution in [1.29, 1.82) is 0 Å². The van der Waals surface area contributed by atoms with Gasteiger partial charge in [-0.2, -0.15) is 0 Å². The second-order valence-electron chi connectivity index (χ2n) is 4.68. The molecule has 0 saturated carbocycles. The third kappa shape index (κ3) is 2.27. The smallest absolute Gasteiger partial charge is 0.0564 e. The number of rotatable bonds is 3. The molecule has 0 spiro atoms. The van der Waals surface area contributed by atoms with E-state index in [9.17, 15) is 5.11 Å². The molecular formula is C11H22N2O. The molecule has 0 radical (unpaired) electrons. The summed E-state index contributed by atoms with van der Waals surface area (Å²) in [5.41, 5.74) is 0. The summed E-state index contributed by atoms with van der Waals surface area (Å²) in [7, 11) is 0. The molecule has 2 rings (SSSR count). The van der Waals surface area contributed by atoms with Crippen LogP contribution in [0, 0.1) is 0 Å². The maximum atomic E-state index is 9.40. The fourth-order valence-corrected chi connectivity index (χ4v) is 2.52. The minimum Gasteiger partial charge on any atom is -0.393 e. The summed E-state index contributed by atoms with van der Waals surface area (Å²) < 4.78 is 0. The highest BCUT2D eigenvalue weighted by atomic mass is 16.3. The fraction of sp³-hybridized carbons (Fsp3) is 1.00. The maximum Gasteiger partial charge on any atom is 0.0564 e. The summed E-state index contributed by atoms with van der Waals surface area (Å²) in [6, 6.07) is 0.786. The number of aliphatic hydroxyl groups is 1. The minimum absolute atomic E-state index is 0.0296. The lowest BCUT2D eigenvalue weighted by atomic mass is 10.0. The van der Waals surface area contributed by atoms with E-state index in [1.54, 1.807) is 0 Å². The third-order valence-corrected chi connectivity index (χ3v) is 3.49. The number of aliphatic hydroxyl groups excluding tert-OH is 1. The van der Waals surface area contributed by atoms with Crippen molar-refractivity contribution in [3.63, 3.8) is 0 Å². The zero-order chi connectivity index (χ0) is 9.97. The van der Waals surface area contributed by atoms with Gasteiger partial charge in [0.25, 0.3) is 0 Å². The van der Waals surface area contributed by atoms with Crippen molar-refractivity contribution in [2.24, 2.45) is 0 Å². The van der Waals surface area contributed by atoms with Gasteiger partial charge in [-0.15, -0.1) is 0 Å². The van der Waals surface area contributed by atoms with E-state index in [2.05, 4.69) is 16.7 Å². The van der Waals surface area contributed by atoms with E-state index in [0.717, 1.165) is 32.0 Å². The van der Waals surface area contributed by atoms with Crippen LogP contribution in [0.15, 0.2) is 0 Å². The molecule has 82 valence electrons. The van der Waals surface area contributed by atoms with Gasteiger partial charge in [0.1, 0.15) is 0 Å². The van der Waals surface area contributed by atoms with E-state index in [0.29, 0.717) is 0 Å². The average Bonchev–Trinajstić information content (AvgIpc) is 2.13. The van der Waals surface area contributed by atoms with Crippen LogP contribution >= 0.6 is 0 Å². The molecule has 2 aliphatic rings. The summed E-state index contributed by atoms with van der Waals surface area (Å²) >= 11 is 0. The monoisotopic (exact) mass is 198 g/mol. The van der Waals surface area contributed by atoms with Gasteiger partial charge in [0.15, 0.2) is 0 Å². The zero-order valence-corrected chi connectivity index (χ0v) is 9.15. The van der Waals surface area contributed by atoms with Crippen LogP contribution in [0.2, 0.25) is 0 Å². The van der Waals surface area contributed by atoms with Crippen molar-refractivity contribution >= 4 is 0 Å². The molecule has 2 saturated heterocycles. The van der Waals surface area contributed by atoms with Crippen LogP contribution in [0.1, 0.15) is 26.2 Å².